The Bertz CT molecular complexity index is 508. The van der Waals surface area contributed by atoms with Gasteiger partial charge in [-0.05, 0) is 25.5 Å². The van der Waals surface area contributed by atoms with Crippen molar-refractivity contribution in [3.63, 3.8) is 0 Å². The molecule has 1 saturated heterocycles. The van der Waals surface area contributed by atoms with Gasteiger partial charge in [-0.1, -0.05) is 21.5 Å². The van der Waals surface area contributed by atoms with Crippen LogP contribution in [-0.2, 0) is 0 Å². The number of phenolic OH excluding ortho intramolecular Hbond substituents is 1. The zero-order chi connectivity index (χ0) is 14.7. The third-order valence-corrected chi connectivity index (χ3v) is 4.35. The van der Waals surface area contributed by atoms with Crippen LogP contribution in [0.2, 0.25) is 0 Å². The Hall–Kier alpha value is -0.460. The molecule has 1 fully saturated rings. The van der Waals surface area contributed by atoms with Crippen LogP contribution < -0.4 is 11.1 Å². The van der Waals surface area contributed by atoms with E-state index in [1.165, 1.54) is 0 Å². The van der Waals surface area contributed by atoms with Gasteiger partial charge in [0.15, 0.2) is 0 Å². The lowest BCUT2D eigenvalue weighted by Gasteiger charge is -2.36. The van der Waals surface area contributed by atoms with Crippen LogP contribution in [0.25, 0.3) is 0 Å². The second kappa shape index (κ2) is 9.63. The number of hydrogen-bond acceptors (Lipinski definition) is 4. The predicted molar refractivity (Wildman–Crippen MR) is 101 cm³/mol. The van der Waals surface area contributed by atoms with Gasteiger partial charge in [0.1, 0.15) is 5.75 Å². The molecule has 0 radical (unpaired) electrons. The second-order valence-corrected chi connectivity index (χ2v) is 6.22. The highest BCUT2D eigenvalue weighted by Crippen LogP contribution is 2.41. The number of piperazine rings is 1. The molecule has 1 atom stereocenters. The number of nitrogens with zero attached hydrogens (tertiary/aromatic N) is 1. The van der Waals surface area contributed by atoms with Gasteiger partial charge >= 0.3 is 0 Å². The van der Waals surface area contributed by atoms with E-state index in [-0.39, 0.29) is 36.6 Å². The lowest BCUT2D eigenvalue weighted by Crippen LogP contribution is -2.45. The minimum atomic E-state index is 0. The number of rotatable bonds is 4. The maximum atomic E-state index is 10.4. The molecule has 0 amide bonds. The number of benzene rings is 1. The highest BCUT2D eigenvalue weighted by Gasteiger charge is 2.27. The van der Waals surface area contributed by atoms with Crippen molar-refractivity contribution in [1.29, 1.82) is 0 Å². The van der Waals surface area contributed by atoms with Crippen molar-refractivity contribution >= 4 is 46.4 Å². The number of nitrogen functional groups attached to an aromatic ring is 1. The van der Waals surface area contributed by atoms with Crippen LogP contribution in [0.5, 0.6) is 5.75 Å². The van der Waals surface area contributed by atoms with E-state index in [9.17, 15) is 5.11 Å². The van der Waals surface area contributed by atoms with E-state index in [1.54, 1.807) is 6.07 Å². The Balaban J connectivity index is 0.00000220. The highest BCUT2D eigenvalue weighted by molar-refractivity contribution is 9.10. The molecule has 1 aliphatic rings. The van der Waals surface area contributed by atoms with Crippen LogP contribution in [0.15, 0.2) is 28.8 Å². The quantitative estimate of drug-likeness (QED) is 0.402. The first-order chi connectivity index (χ1) is 9.50. The van der Waals surface area contributed by atoms with E-state index in [2.05, 4.69) is 32.7 Å². The third kappa shape index (κ3) is 5.03. The predicted octanol–water partition coefficient (Wildman–Crippen LogP) is 3.49. The van der Waals surface area contributed by atoms with E-state index in [0.29, 0.717) is 5.69 Å². The molecule has 0 unspecified atom stereocenters. The van der Waals surface area contributed by atoms with Crippen LogP contribution in [0.3, 0.4) is 0 Å². The fourth-order valence-electron chi connectivity index (χ4n) is 2.65. The first-order valence-corrected chi connectivity index (χ1v) is 7.66. The van der Waals surface area contributed by atoms with E-state index in [4.69, 9.17) is 5.73 Å². The molecule has 1 aliphatic heterocycles. The summed E-state index contributed by atoms with van der Waals surface area (Å²) < 4.78 is 0.897. The Morgan fingerprint density at radius 2 is 2.00 bits per heavy atom. The summed E-state index contributed by atoms with van der Waals surface area (Å²) in [6.07, 6.45) is 0.815. The molecule has 0 aliphatic carbocycles. The van der Waals surface area contributed by atoms with Gasteiger partial charge in [0, 0.05) is 42.3 Å². The molecule has 0 bridgehead atoms. The second-order valence-electron chi connectivity index (χ2n) is 5.36. The van der Waals surface area contributed by atoms with Gasteiger partial charge in [-0.3, -0.25) is 4.90 Å². The lowest BCUT2D eigenvalue weighted by atomic mass is 9.96. The molecule has 4 N–H and O–H groups in total. The van der Waals surface area contributed by atoms with E-state index in [1.807, 2.05) is 13.0 Å². The molecule has 1 aromatic carbocycles. The summed E-state index contributed by atoms with van der Waals surface area (Å²) in [5.41, 5.74) is 8.25. The summed E-state index contributed by atoms with van der Waals surface area (Å²) in [7, 11) is 0. The minimum absolute atomic E-state index is 0. The fourth-order valence-corrected chi connectivity index (χ4v) is 3.24. The van der Waals surface area contributed by atoms with Gasteiger partial charge in [0.2, 0.25) is 0 Å². The summed E-state index contributed by atoms with van der Waals surface area (Å²) >= 11 is 3.55. The van der Waals surface area contributed by atoms with Crippen molar-refractivity contribution in [3.8, 4) is 5.75 Å². The van der Waals surface area contributed by atoms with Crippen LogP contribution >= 0.6 is 40.7 Å². The zero-order valence-electron chi connectivity index (χ0n) is 12.6. The molecule has 1 aromatic rings. The van der Waals surface area contributed by atoms with Crippen molar-refractivity contribution in [2.45, 2.75) is 19.4 Å². The molecule has 0 spiro atoms. The number of halogens is 3. The number of nitrogens with one attached hydrogen (secondary N) is 1. The van der Waals surface area contributed by atoms with Gasteiger partial charge in [0.25, 0.3) is 0 Å². The zero-order valence-corrected chi connectivity index (χ0v) is 15.9. The minimum Gasteiger partial charge on any atom is -0.505 e. The monoisotopic (exact) mass is 411 g/mol. The fraction of sp³-hybridized carbons (Fsp3) is 0.467. The number of phenols is 1. The van der Waals surface area contributed by atoms with Gasteiger partial charge in [0.05, 0.1) is 5.69 Å². The maximum absolute atomic E-state index is 10.4. The van der Waals surface area contributed by atoms with Crippen LogP contribution in [-0.4, -0.2) is 36.2 Å². The van der Waals surface area contributed by atoms with Crippen molar-refractivity contribution < 1.29 is 5.11 Å². The Morgan fingerprint density at radius 1 is 1.41 bits per heavy atom. The molecule has 22 heavy (non-hydrogen) atoms. The van der Waals surface area contributed by atoms with Crippen molar-refractivity contribution in [1.82, 2.24) is 10.2 Å². The van der Waals surface area contributed by atoms with Crippen molar-refractivity contribution in [3.05, 3.63) is 34.3 Å². The molecule has 4 nitrogen and oxygen atoms in total. The van der Waals surface area contributed by atoms with E-state index < -0.39 is 0 Å². The van der Waals surface area contributed by atoms with Gasteiger partial charge in [-0.25, -0.2) is 0 Å². The van der Waals surface area contributed by atoms with Gasteiger partial charge < -0.3 is 16.2 Å². The summed E-state index contributed by atoms with van der Waals surface area (Å²) in [6.45, 7) is 9.89. The molecular weight excluding hydrogens is 389 g/mol. The topological polar surface area (TPSA) is 61.5 Å². The molecule has 1 heterocycles. The molecular formula is C15H24BrCl2N3O. The molecule has 0 saturated carbocycles. The standard InChI is InChI=1S/C15H22BrN3O.2ClH/c1-10(2)9-13(19-7-5-18-6-8-19)14-11(16)3-4-12(17)15(14)20;;/h3-4,13,18,20H,1,5-9,17H2,2H3;2*1H/t13-;;/m1../s1. The van der Waals surface area contributed by atoms with Crippen LogP contribution in [0.4, 0.5) is 5.69 Å². The van der Waals surface area contributed by atoms with Crippen molar-refractivity contribution in [2.24, 2.45) is 0 Å². The van der Waals surface area contributed by atoms with E-state index in [0.717, 1.165) is 48.2 Å². The smallest absolute Gasteiger partial charge is 0.144 e. The maximum Gasteiger partial charge on any atom is 0.144 e. The van der Waals surface area contributed by atoms with Gasteiger partial charge in [-0.15, -0.1) is 31.4 Å². The van der Waals surface area contributed by atoms with Crippen LogP contribution in [0, 0.1) is 0 Å². The summed E-state index contributed by atoms with van der Waals surface area (Å²) in [5, 5.41) is 13.7. The van der Waals surface area contributed by atoms with Crippen molar-refractivity contribution in [2.75, 3.05) is 31.9 Å². The Kier molecular flexibility index (Phi) is 9.43. The van der Waals surface area contributed by atoms with Crippen LogP contribution in [0.1, 0.15) is 24.9 Å². The average molecular weight is 413 g/mol. The molecule has 126 valence electrons. The third-order valence-electron chi connectivity index (χ3n) is 3.66. The SMILES string of the molecule is C=C(C)C[C@H](c1c(Br)ccc(N)c1O)N1CCNCC1.Cl.Cl. The summed E-state index contributed by atoms with van der Waals surface area (Å²) in [4.78, 5) is 2.38. The summed E-state index contributed by atoms with van der Waals surface area (Å²) in [5.74, 6) is 0.184. The lowest BCUT2D eigenvalue weighted by molar-refractivity contribution is 0.169. The van der Waals surface area contributed by atoms with E-state index >= 15 is 0 Å². The Morgan fingerprint density at radius 3 is 2.55 bits per heavy atom. The number of hydrogen-bond donors (Lipinski definition) is 3. The first-order valence-electron chi connectivity index (χ1n) is 6.86. The highest BCUT2D eigenvalue weighted by atomic mass is 79.9. The number of anilines is 1. The summed E-state index contributed by atoms with van der Waals surface area (Å²) in [6, 6.07) is 3.73. The number of aromatic hydroxyl groups is 1. The largest absolute Gasteiger partial charge is 0.505 e. The first kappa shape index (κ1) is 21.5. The molecule has 0 aromatic heterocycles. The Labute approximate surface area is 153 Å². The molecule has 2 rings (SSSR count). The molecule has 7 heteroatoms. The average Bonchev–Trinajstić information content (AvgIpc) is 2.43. The van der Waals surface area contributed by atoms with Gasteiger partial charge in [-0.2, -0.15) is 0 Å². The normalized spacial score (nSPS) is 16.3. The number of nitrogens with two attached hydrogens (primary N) is 1.